The second-order valence-electron chi connectivity index (χ2n) is 7.55. The zero-order valence-electron chi connectivity index (χ0n) is 15.9. The Morgan fingerprint density at radius 2 is 1.88 bits per heavy atom. The molecule has 1 aromatic rings. The first-order valence-corrected chi connectivity index (χ1v) is 9.53. The summed E-state index contributed by atoms with van der Waals surface area (Å²) in [4.78, 5) is 17.3. The molecule has 1 heterocycles. The molecule has 0 spiro atoms. The van der Waals surface area contributed by atoms with Crippen molar-refractivity contribution in [2.45, 2.75) is 65.5 Å². The van der Waals surface area contributed by atoms with Crippen molar-refractivity contribution in [3.8, 4) is 0 Å². The van der Waals surface area contributed by atoms with E-state index in [1.54, 1.807) is 0 Å². The molecular weight excluding hydrogens is 296 g/mol. The van der Waals surface area contributed by atoms with Crippen LogP contribution in [0, 0.1) is 12.8 Å². The first-order valence-electron chi connectivity index (χ1n) is 9.53. The van der Waals surface area contributed by atoms with Gasteiger partial charge in [-0.25, -0.2) is 0 Å². The number of likely N-dealkylation sites (tertiary alicyclic amines) is 1. The Morgan fingerprint density at radius 3 is 2.46 bits per heavy atom. The lowest BCUT2D eigenvalue weighted by Crippen LogP contribution is -2.38. The molecule has 3 heteroatoms. The number of nitrogens with zero attached hydrogens (tertiary/aromatic N) is 2. The topological polar surface area (TPSA) is 23.6 Å². The predicted octanol–water partition coefficient (Wildman–Crippen LogP) is 4.24. The van der Waals surface area contributed by atoms with Crippen LogP contribution in [0.2, 0.25) is 0 Å². The highest BCUT2D eigenvalue weighted by Gasteiger charge is 2.22. The van der Waals surface area contributed by atoms with Crippen molar-refractivity contribution in [2.24, 2.45) is 5.92 Å². The largest absolute Gasteiger partial charge is 0.336 e. The van der Waals surface area contributed by atoms with Gasteiger partial charge in [-0.3, -0.25) is 4.79 Å². The van der Waals surface area contributed by atoms with E-state index in [-0.39, 0.29) is 0 Å². The summed E-state index contributed by atoms with van der Waals surface area (Å²) in [5, 5.41) is 0. The van der Waals surface area contributed by atoms with E-state index in [9.17, 15) is 4.79 Å². The van der Waals surface area contributed by atoms with Crippen LogP contribution in [0.15, 0.2) is 24.3 Å². The fourth-order valence-electron chi connectivity index (χ4n) is 3.42. The molecule has 1 aliphatic rings. The monoisotopic (exact) mass is 330 g/mol. The van der Waals surface area contributed by atoms with Gasteiger partial charge in [0.2, 0.25) is 5.91 Å². The summed E-state index contributed by atoms with van der Waals surface area (Å²) in [6.45, 7) is 9.53. The molecule has 1 aliphatic heterocycles. The SMILES string of the molecule is CC[C@@H](C)N(Cc1ccc(C)cc1)C(=O)CCC1CCN(C)CC1. The Bertz CT molecular complexity index is 503. The summed E-state index contributed by atoms with van der Waals surface area (Å²) < 4.78 is 0. The maximum absolute atomic E-state index is 12.8. The lowest BCUT2D eigenvalue weighted by atomic mass is 9.92. The second kappa shape index (κ2) is 9.22. The molecule has 2 rings (SSSR count). The fraction of sp³-hybridized carbons (Fsp3) is 0.667. The van der Waals surface area contributed by atoms with Crippen LogP contribution in [-0.4, -0.2) is 41.9 Å². The second-order valence-corrected chi connectivity index (χ2v) is 7.55. The highest BCUT2D eigenvalue weighted by atomic mass is 16.2. The summed E-state index contributed by atoms with van der Waals surface area (Å²) >= 11 is 0. The molecule has 1 saturated heterocycles. The molecule has 1 fully saturated rings. The standard InChI is InChI=1S/C21H34N2O/c1-5-18(3)23(16-20-8-6-17(2)7-9-20)21(24)11-10-19-12-14-22(4)15-13-19/h6-9,18-19H,5,10-16H2,1-4H3/t18-/m1/s1. The molecule has 1 atom stereocenters. The molecule has 0 saturated carbocycles. The van der Waals surface area contributed by atoms with Crippen molar-refractivity contribution < 1.29 is 4.79 Å². The van der Waals surface area contributed by atoms with Gasteiger partial charge in [0.15, 0.2) is 0 Å². The van der Waals surface area contributed by atoms with Crippen LogP contribution in [0.25, 0.3) is 0 Å². The lowest BCUT2D eigenvalue weighted by Gasteiger charge is -2.31. The zero-order chi connectivity index (χ0) is 17.5. The summed E-state index contributed by atoms with van der Waals surface area (Å²) in [5.41, 5.74) is 2.50. The summed E-state index contributed by atoms with van der Waals surface area (Å²) in [7, 11) is 2.19. The number of piperidine rings is 1. The number of rotatable bonds is 7. The quantitative estimate of drug-likeness (QED) is 0.746. The van der Waals surface area contributed by atoms with Gasteiger partial charge in [-0.2, -0.15) is 0 Å². The van der Waals surface area contributed by atoms with Crippen LogP contribution < -0.4 is 0 Å². The maximum Gasteiger partial charge on any atom is 0.223 e. The summed E-state index contributed by atoms with van der Waals surface area (Å²) in [5.74, 6) is 1.05. The minimum Gasteiger partial charge on any atom is -0.336 e. The highest BCUT2D eigenvalue weighted by Crippen LogP contribution is 2.22. The number of aryl methyl sites for hydroxylation is 1. The number of hydrogen-bond acceptors (Lipinski definition) is 2. The van der Waals surface area contributed by atoms with Crippen LogP contribution in [0.1, 0.15) is 57.1 Å². The first kappa shape index (κ1) is 19.0. The molecule has 1 amide bonds. The zero-order valence-corrected chi connectivity index (χ0v) is 15.9. The van der Waals surface area contributed by atoms with Crippen molar-refractivity contribution in [2.75, 3.05) is 20.1 Å². The average molecular weight is 331 g/mol. The lowest BCUT2D eigenvalue weighted by molar-refractivity contribution is -0.134. The smallest absolute Gasteiger partial charge is 0.223 e. The fourth-order valence-corrected chi connectivity index (χ4v) is 3.42. The predicted molar refractivity (Wildman–Crippen MR) is 101 cm³/mol. The third-order valence-corrected chi connectivity index (χ3v) is 5.52. The van der Waals surface area contributed by atoms with Crippen molar-refractivity contribution in [3.05, 3.63) is 35.4 Å². The van der Waals surface area contributed by atoms with Gasteiger partial charge in [0.05, 0.1) is 0 Å². The van der Waals surface area contributed by atoms with E-state index in [0.29, 0.717) is 18.4 Å². The van der Waals surface area contributed by atoms with Crippen molar-refractivity contribution >= 4 is 5.91 Å². The van der Waals surface area contributed by atoms with Crippen LogP contribution >= 0.6 is 0 Å². The third-order valence-electron chi connectivity index (χ3n) is 5.52. The van der Waals surface area contributed by atoms with Gasteiger partial charge < -0.3 is 9.80 Å². The summed E-state index contributed by atoms with van der Waals surface area (Å²) in [6.07, 6.45) is 5.24. The third kappa shape index (κ3) is 5.62. The minimum atomic E-state index is 0.302. The van der Waals surface area contributed by atoms with Gasteiger partial charge in [-0.15, -0.1) is 0 Å². The van der Waals surface area contributed by atoms with Gasteiger partial charge >= 0.3 is 0 Å². The first-order chi connectivity index (χ1) is 11.5. The van der Waals surface area contributed by atoms with Gasteiger partial charge in [0.25, 0.3) is 0 Å². The minimum absolute atomic E-state index is 0.302. The van der Waals surface area contributed by atoms with Crippen molar-refractivity contribution in [1.29, 1.82) is 0 Å². The molecular formula is C21H34N2O. The van der Waals surface area contributed by atoms with E-state index in [0.717, 1.165) is 25.3 Å². The van der Waals surface area contributed by atoms with E-state index in [4.69, 9.17) is 0 Å². The Morgan fingerprint density at radius 1 is 1.25 bits per heavy atom. The number of hydrogen-bond donors (Lipinski definition) is 0. The molecule has 0 unspecified atom stereocenters. The Labute approximate surface area is 148 Å². The number of carbonyl (C=O) groups excluding carboxylic acids is 1. The maximum atomic E-state index is 12.8. The molecule has 134 valence electrons. The van der Waals surface area contributed by atoms with Gasteiger partial charge in [-0.05, 0) is 71.1 Å². The Balaban J connectivity index is 1.91. The van der Waals surface area contributed by atoms with Crippen molar-refractivity contribution in [3.63, 3.8) is 0 Å². The molecule has 0 aliphatic carbocycles. The van der Waals surface area contributed by atoms with Crippen LogP contribution in [0.3, 0.4) is 0 Å². The van der Waals surface area contributed by atoms with E-state index in [1.165, 1.54) is 37.1 Å². The molecule has 0 N–H and O–H groups in total. The van der Waals surface area contributed by atoms with Crippen LogP contribution in [0.5, 0.6) is 0 Å². The Hall–Kier alpha value is -1.35. The van der Waals surface area contributed by atoms with Gasteiger partial charge in [-0.1, -0.05) is 36.8 Å². The van der Waals surface area contributed by atoms with E-state index in [2.05, 4.69) is 61.9 Å². The molecule has 0 bridgehead atoms. The van der Waals surface area contributed by atoms with E-state index < -0.39 is 0 Å². The van der Waals surface area contributed by atoms with E-state index in [1.807, 2.05) is 0 Å². The molecule has 0 aromatic heterocycles. The molecule has 3 nitrogen and oxygen atoms in total. The molecule has 1 aromatic carbocycles. The normalized spacial score (nSPS) is 17.7. The average Bonchev–Trinajstić information content (AvgIpc) is 2.60. The number of amides is 1. The number of carbonyl (C=O) groups is 1. The van der Waals surface area contributed by atoms with Gasteiger partial charge in [0, 0.05) is 19.0 Å². The van der Waals surface area contributed by atoms with Gasteiger partial charge in [0.1, 0.15) is 0 Å². The van der Waals surface area contributed by atoms with Crippen molar-refractivity contribution in [1.82, 2.24) is 9.80 Å². The number of benzene rings is 1. The van der Waals surface area contributed by atoms with Crippen LogP contribution in [0.4, 0.5) is 0 Å². The van der Waals surface area contributed by atoms with E-state index >= 15 is 0 Å². The molecule has 0 radical (unpaired) electrons. The molecule has 24 heavy (non-hydrogen) atoms. The van der Waals surface area contributed by atoms with Crippen LogP contribution in [-0.2, 0) is 11.3 Å². The highest BCUT2D eigenvalue weighted by molar-refractivity contribution is 5.76. The summed E-state index contributed by atoms with van der Waals surface area (Å²) in [6, 6.07) is 8.86. The Kier molecular flexibility index (Phi) is 7.29.